The van der Waals surface area contributed by atoms with E-state index in [1.165, 1.54) is 6.92 Å². The summed E-state index contributed by atoms with van der Waals surface area (Å²) in [7, 11) is 0. The number of ether oxygens (including phenoxy) is 2. The number of nitrogens with one attached hydrogen (secondary N) is 1. The molecule has 0 aromatic heterocycles. The summed E-state index contributed by atoms with van der Waals surface area (Å²) < 4.78 is 46.0. The monoisotopic (exact) mass is 349 g/mol. The third-order valence-corrected chi connectivity index (χ3v) is 3.06. The van der Waals surface area contributed by atoms with Gasteiger partial charge in [-0.05, 0) is 27.7 Å². The maximum Gasteiger partial charge on any atom is 0.411 e. The summed E-state index contributed by atoms with van der Waals surface area (Å²) in [5, 5.41) is 2.53. The quantitative estimate of drug-likeness (QED) is 0.775. The van der Waals surface area contributed by atoms with E-state index in [-0.39, 0.29) is 11.9 Å². The molecule has 1 amide bonds. The van der Waals surface area contributed by atoms with E-state index in [4.69, 9.17) is 9.47 Å². The van der Waals surface area contributed by atoms with Gasteiger partial charge in [-0.15, -0.1) is 0 Å². The molecule has 0 bridgehead atoms. The molecule has 0 aromatic rings. The number of alkyl halides is 4. The first-order valence-electron chi connectivity index (χ1n) is 5.60. The summed E-state index contributed by atoms with van der Waals surface area (Å²) in [6, 6.07) is 0. The number of hydrogen-bond acceptors (Lipinski definition) is 3. The molecule has 0 aliphatic carbocycles. The van der Waals surface area contributed by atoms with E-state index in [1.54, 1.807) is 20.8 Å². The Morgan fingerprint density at radius 3 is 2.11 bits per heavy atom. The molecule has 114 valence electrons. The van der Waals surface area contributed by atoms with Crippen molar-refractivity contribution in [2.75, 3.05) is 18.5 Å². The van der Waals surface area contributed by atoms with Crippen molar-refractivity contribution in [3.8, 4) is 0 Å². The van der Waals surface area contributed by atoms with Crippen LogP contribution in [-0.4, -0.2) is 42.0 Å². The number of hydrogen-bond donors (Lipinski definition) is 1. The Labute approximate surface area is 119 Å². The summed E-state index contributed by atoms with van der Waals surface area (Å²) in [5.41, 5.74) is -1.83. The third-order valence-electron chi connectivity index (χ3n) is 1.87. The number of halogens is 4. The second-order valence-corrected chi connectivity index (χ2v) is 5.90. The number of rotatable bonds is 5. The summed E-state index contributed by atoms with van der Waals surface area (Å²) in [6.45, 7) is 5.07. The Kier molecular flexibility index (Phi) is 6.61. The zero-order chi connectivity index (χ0) is 15.3. The van der Waals surface area contributed by atoms with Crippen LogP contribution in [0.25, 0.3) is 0 Å². The van der Waals surface area contributed by atoms with Crippen LogP contribution in [0.4, 0.5) is 18.0 Å². The van der Waals surface area contributed by atoms with E-state index in [0.717, 1.165) is 0 Å². The van der Waals surface area contributed by atoms with E-state index >= 15 is 0 Å². The molecule has 0 rings (SSSR count). The molecule has 0 saturated heterocycles. The van der Waals surface area contributed by atoms with Crippen molar-refractivity contribution in [3.05, 3.63) is 0 Å². The van der Waals surface area contributed by atoms with Crippen LogP contribution in [0.15, 0.2) is 0 Å². The average molecular weight is 350 g/mol. The highest BCUT2D eigenvalue weighted by Crippen LogP contribution is 2.21. The molecule has 0 fully saturated rings. The minimum atomic E-state index is -4.41. The highest BCUT2D eigenvalue weighted by Gasteiger charge is 2.34. The molecule has 0 saturated carbocycles. The molecule has 0 spiro atoms. The van der Waals surface area contributed by atoms with E-state index < -0.39 is 30.1 Å². The van der Waals surface area contributed by atoms with Crippen molar-refractivity contribution in [1.29, 1.82) is 0 Å². The molecular weight excluding hydrogens is 331 g/mol. The second kappa shape index (κ2) is 6.78. The molecule has 4 nitrogen and oxygen atoms in total. The number of carbonyl (C=O) groups excluding carboxylic acids is 1. The summed E-state index contributed by atoms with van der Waals surface area (Å²) in [5.74, 6) is 0. The minimum Gasteiger partial charge on any atom is -0.444 e. The summed E-state index contributed by atoms with van der Waals surface area (Å²) in [6.07, 6.45) is -5.11. The second-order valence-electron chi connectivity index (χ2n) is 5.34. The van der Waals surface area contributed by atoms with Crippen LogP contribution in [0, 0.1) is 0 Å². The van der Waals surface area contributed by atoms with E-state index in [1.807, 2.05) is 0 Å². The molecule has 0 heterocycles. The highest BCUT2D eigenvalue weighted by molar-refractivity contribution is 9.09. The Morgan fingerprint density at radius 2 is 1.74 bits per heavy atom. The fourth-order valence-electron chi connectivity index (χ4n) is 0.966. The van der Waals surface area contributed by atoms with Gasteiger partial charge in [-0.1, -0.05) is 15.9 Å². The van der Waals surface area contributed by atoms with Gasteiger partial charge in [0.1, 0.15) is 12.2 Å². The van der Waals surface area contributed by atoms with E-state index in [9.17, 15) is 18.0 Å². The van der Waals surface area contributed by atoms with Crippen molar-refractivity contribution in [1.82, 2.24) is 5.32 Å². The first kappa shape index (κ1) is 18.5. The zero-order valence-corrected chi connectivity index (χ0v) is 12.9. The maximum atomic E-state index is 12.1. The summed E-state index contributed by atoms with van der Waals surface area (Å²) in [4.78, 5) is 11.4. The fraction of sp³-hybridized carbons (Fsp3) is 0.909. The third kappa shape index (κ3) is 10.0. The van der Waals surface area contributed by atoms with Gasteiger partial charge in [-0.2, -0.15) is 13.2 Å². The molecule has 8 heteroatoms. The first-order valence-corrected chi connectivity index (χ1v) is 6.73. The lowest BCUT2D eigenvalue weighted by atomic mass is 10.1. The normalized spacial score (nSPS) is 15.8. The number of amides is 1. The number of alkyl carbamates (subject to hydrolysis) is 1. The zero-order valence-electron chi connectivity index (χ0n) is 11.4. The molecule has 0 aliphatic heterocycles. The Balaban J connectivity index is 4.28. The molecular formula is C11H19BrF3NO3. The predicted molar refractivity (Wildman–Crippen MR) is 68.4 cm³/mol. The van der Waals surface area contributed by atoms with Gasteiger partial charge in [0, 0.05) is 5.33 Å². The van der Waals surface area contributed by atoms with Gasteiger partial charge >= 0.3 is 12.3 Å². The number of carbonyl (C=O) groups is 1. The van der Waals surface area contributed by atoms with Gasteiger partial charge < -0.3 is 14.8 Å². The predicted octanol–water partition coefficient (Wildman–Crippen LogP) is 3.24. The standard InChI is InChI=1S/C11H19BrF3NO3/c1-9(2,3)19-8(17)16-6-10(4,5-12)18-7-11(13,14)15/h5-7H2,1-4H3,(H,16,17). The Hall–Kier alpha value is -0.500. The van der Waals surface area contributed by atoms with E-state index in [0.29, 0.717) is 0 Å². The van der Waals surface area contributed by atoms with Crippen molar-refractivity contribution < 1.29 is 27.4 Å². The highest BCUT2D eigenvalue weighted by atomic mass is 79.9. The van der Waals surface area contributed by atoms with Crippen molar-refractivity contribution >= 4 is 22.0 Å². The van der Waals surface area contributed by atoms with Crippen LogP contribution >= 0.6 is 15.9 Å². The van der Waals surface area contributed by atoms with Crippen molar-refractivity contribution in [3.63, 3.8) is 0 Å². The molecule has 1 N–H and O–H groups in total. The van der Waals surface area contributed by atoms with Gasteiger partial charge in [-0.3, -0.25) is 0 Å². The smallest absolute Gasteiger partial charge is 0.411 e. The molecule has 1 unspecified atom stereocenters. The molecule has 0 aromatic carbocycles. The van der Waals surface area contributed by atoms with Gasteiger partial charge in [0.25, 0.3) is 0 Å². The lowest BCUT2D eigenvalue weighted by molar-refractivity contribution is -0.197. The minimum absolute atomic E-state index is 0.0940. The lowest BCUT2D eigenvalue weighted by Gasteiger charge is -2.29. The largest absolute Gasteiger partial charge is 0.444 e. The Morgan fingerprint density at radius 1 is 1.21 bits per heavy atom. The van der Waals surface area contributed by atoms with Crippen molar-refractivity contribution in [2.45, 2.75) is 45.1 Å². The summed E-state index contributed by atoms with van der Waals surface area (Å²) >= 11 is 3.07. The van der Waals surface area contributed by atoms with Crippen LogP contribution in [0.2, 0.25) is 0 Å². The van der Waals surface area contributed by atoms with Crippen LogP contribution in [-0.2, 0) is 9.47 Å². The van der Waals surface area contributed by atoms with Crippen LogP contribution in [0.3, 0.4) is 0 Å². The van der Waals surface area contributed by atoms with Gasteiger partial charge in [0.05, 0.1) is 12.1 Å². The average Bonchev–Trinajstić information content (AvgIpc) is 2.20. The topological polar surface area (TPSA) is 47.6 Å². The Bertz CT molecular complexity index is 305. The fourth-order valence-corrected chi connectivity index (χ4v) is 1.33. The first-order chi connectivity index (χ1) is 8.37. The van der Waals surface area contributed by atoms with Gasteiger partial charge in [0.15, 0.2) is 0 Å². The van der Waals surface area contributed by atoms with Crippen LogP contribution in [0.5, 0.6) is 0 Å². The lowest BCUT2D eigenvalue weighted by Crippen LogP contribution is -2.47. The molecule has 0 aliphatic rings. The SMILES string of the molecule is CC(C)(C)OC(=O)NCC(C)(CBr)OCC(F)(F)F. The van der Waals surface area contributed by atoms with Crippen molar-refractivity contribution in [2.24, 2.45) is 0 Å². The molecule has 1 atom stereocenters. The van der Waals surface area contributed by atoms with Gasteiger partial charge in [0.2, 0.25) is 0 Å². The maximum absolute atomic E-state index is 12.1. The molecule has 19 heavy (non-hydrogen) atoms. The van der Waals surface area contributed by atoms with E-state index in [2.05, 4.69) is 21.2 Å². The van der Waals surface area contributed by atoms with Crippen LogP contribution < -0.4 is 5.32 Å². The molecule has 0 radical (unpaired) electrons. The van der Waals surface area contributed by atoms with Gasteiger partial charge in [-0.25, -0.2) is 4.79 Å². The van der Waals surface area contributed by atoms with Crippen LogP contribution in [0.1, 0.15) is 27.7 Å².